The summed E-state index contributed by atoms with van der Waals surface area (Å²) in [6, 6.07) is 3.49. The minimum absolute atomic E-state index is 0.0184. The molecule has 1 aliphatic rings. The largest absolute Gasteiger partial charge is 0.465 e. The number of pyridine rings is 1. The number of carbonyl (C=O) groups excluding carboxylic acids is 2. The monoisotopic (exact) mass is 295 g/mol. The lowest BCUT2D eigenvalue weighted by Gasteiger charge is -2.33. The van der Waals surface area contributed by atoms with Gasteiger partial charge in [-0.15, -0.1) is 0 Å². The van der Waals surface area contributed by atoms with Gasteiger partial charge >= 0.3 is 5.97 Å². The third-order valence-electron chi connectivity index (χ3n) is 3.75. The van der Waals surface area contributed by atoms with Crippen LogP contribution in [-0.4, -0.2) is 23.3 Å². The van der Waals surface area contributed by atoms with Gasteiger partial charge in [-0.1, -0.05) is 18.0 Å². The van der Waals surface area contributed by atoms with E-state index < -0.39 is 11.4 Å². The summed E-state index contributed by atoms with van der Waals surface area (Å²) < 4.78 is 5.15. The second-order valence-corrected chi connectivity index (χ2v) is 5.48. The molecule has 1 aromatic heterocycles. The molecule has 0 saturated heterocycles. The molecule has 0 spiro atoms. The van der Waals surface area contributed by atoms with Crippen LogP contribution in [0.3, 0.4) is 0 Å². The second kappa shape index (κ2) is 6.35. The van der Waals surface area contributed by atoms with E-state index >= 15 is 0 Å². The van der Waals surface area contributed by atoms with Crippen LogP contribution < -0.4 is 0 Å². The van der Waals surface area contributed by atoms with Gasteiger partial charge < -0.3 is 4.74 Å². The first-order valence-corrected chi connectivity index (χ1v) is 7.27. The van der Waals surface area contributed by atoms with Crippen LogP contribution in [-0.2, 0) is 20.7 Å². The van der Waals surface area contributed by atoms with Crippen molar-refractivity contribution >= 4 is 23.4 Å². The molecule has 1 aliphatic carbocycles. The van der Waals surface area contributed by atoms with Gasteiger partial charge in [0.25, 0.3) is 0 Å². The van der Waals surface area contributed by atoms with Gasteiger partial charge in [-0.2, -0.15) is 0 Å². The average Bonchev–Trinajstić information content (AvgIpc) is 2.42. The lowest BCUT2D eigenvalue weighted by Crippen LogP contribution is -2.44. The summed E-state index contributed by atoms with van der Waals surface area (Å²) in [5.74, 6) is -0.423. The van der Waals surface area contributed by atoms with E-state index in [0.717, 1.165) is 18.4 Å². The molecule has 4 nitrogen and oxygen atoms in total. The Hall–Kier alpha value is -1.42. The summed E-state index contributed by atoms with van der Waals surface area (Å²) in [5, 5.41) is 0.366. The van der Waals surface area contributed by atoms with Crippen molar-refractivity contribution in [1.29, 1.82) is 0 Å². The summed E-state index contributed by atoms with van der Waals surface area (Å²) >= 11 is 5.87. The Balaban J connectivity index is 2.31. The molecule has 1 atom stereocenters. The van der Waals surface area contributed by atoms with E-state index in [4.69, 9.17) is 16.3 Å². The summed E-state index contributed by atoms with van der Waals surface area (Å²) in [6.45, 7) is 2.03. The number of ether oxygens (including phenoxy) is 1. The number of rotatable bonds is 4. The summed E-state index contributed by atoms with van der Waals surface area (Å²) in [6.07, 6.45) is 4.62. The lowest BCUT2D eigenvalue weighted by molar-refractivity contribution is -0.162. The predicted octanol–water partition coefficient (Wildman–Crippen LogP) is 2.97. The van der Waals surface area contributed by atoms with Gasteiger partial charge in [0.2, 0.25) is 0 Å². The highest BCUT2D eigenvalue weighted by molar-refractivity contribution is 6.29. The number of hydrogen-bond donors (Lipinski definition) is 0. The zero-order valence-electron chi connectivity index (χ0n) is 11.5. The number of aromatic nitrogens is 1. The fourth-order valence-corrected chi connectivity index (χ4v) is 2.93. The third-order valence-corrected chi connectivity index (χ3v) is 3.96. The molecule has 0 radical (unpaired) electrons. The summed E-state index contributed by atoms with van der Waals surface area (Å²) in [7, 11) is 0. The maximum Gasteiger partial charge on any atom is 0.319 e. The smallest absolute Gasteiger partial charge is 0.319 e. The van der Waals surface area contributed by atoms with E-state index in [1.165, 1.54) is 0 Å². The molecule has 108 valence electrons. The van der Waals surface area contributed by atoms with Gasteiger partial charge in [0.1, 0.15) is 10.6 Å². The standard InChI is InChI=1S/C15H18ClNO3/c1-2-20-14(19)15(7-4-3-5-12(15)18)10-11-6-8-17-13(16)9-11/h6,8-9H,2-5,7,10H2,1H3. The lowest BCUT2D eigenvalue weighted by atomic mass is 9.69. The molecular weight excluding hydrogens is 278 g/mol. The number of halogens is 1. The van der Waals surface area contributed by atoms with Crippen molar-refractivity contribution in [3.8, 4) is 0 Å². The van der Waals surface area contributed by atoms with E-state index in [-0.39, 0.29) is 12.4 Å². The minimum atomic E-state index is -1.04. The van der Waals surface area contributed by atoms with Crippen molar-refractivity contribution < 1.29 is 14.3 Å². The molecule has 1 fully saturated rings. The van der Waals surface area contributed by atoms with Gasteiger partial charge in [0.05, 0.1) is 6.61 Å². The average molecular weight is 296 g/mol. The Morgan fingerprint density at radius 1 is 1.50 bits per heavy atom. The van der Waals surface area contributed by atoms with Crippen LogP contribution in [0.15, 0.2) is 18.3 Å². The van der Waals surface area contributed by atoms with Gasteiger partial charge in [-0.25, -0.2) is 4.98 Å². The first-order chi connectivity index (χ1) is 9.58. The Bertz CT molecular complexity index is 518. The van der Waals surface area contributed by atoms with Gasteiger partial charge in [0, 0.05) is 12.6 Å². The molecule has 0 aliphatic heterocycles. The van der Waals surface area contributed by atoms with Crippen LogP contribution >= 0.6 is 11.6 Å². The summed E-state index contributed by atoms with van der Waals surface area (Å²) in [5.41, 5.74) is -0.202. The molecule has 1 unspecified atom stereocenters. The van der Waals surface area contributed by atoms with Crippen molar-refractivity contribution in [3.63, 3.8) is 0 Å². The van der Waals surface area contributed by atoms with Crippen LogP contribution in [0.5, 0.6) is 0 Å². The van der Waals surface area contributed by atoms with Crippen LogP contribution in [0.2, 0.25) is 5.15 Å². The van der Waals surface area contributed by atoms with Crippen molar-refractivity contribution in [3.05, 3.63) is 29.0 Å². The Kier molecular flexibility index (Phi) is 4.76. The Morgan fingerprint density at radius 3 is 2.95 bits per heavy atom. The minimum Gasteiger partial charge on any atom is -0.465 e. The number of nitrogens with zero attached hydrogens (tertiary/aromatic N) is 1. The topological polar surface area (TPSA) is 56.3 Å². The number of ketones is 1. The number of carbonyl (C=O) groups is 2. The van der Waals surface area contributed by atoms with Crippen LogP contribution in [0.25, 0.3) is 0 Å². The first kappa shape index (κ1) is 15.0. The molecule has 1 aromatic rings. The molecule has 1 saturated carbocycles. The Labute approximate surface area is 123 Å². The Morgan fingerprint density at radius 2 is 2.30 bits per heavy atom. The molecule has 0 amide bonds. The highest BCUT2D eigenvalue weighted by Gasteiger charge is 2.47. The van der Waals surface area contributed by atoms with E-state index in [2.05, 4.69) is 4.98 Å². The zero-order valence-corrected chi connectivity index (χ0v) is 12.3. The van der Waals surface area contributed by atoms with Crippen LogP contribution in [0.4, 0.5) is 0 Å². The van der Waals surface area contributed by atoms with Crippen LogP contribution in [0, 0.1) is 5.41 Å². The van der Waals surface area contributed by atoms with E-state index in [9.17, 15) is 9.59 Å². The molecule has 1 heterocycles. The quantitative estimate of drug-likeness (QED) is 0.487. The van der Waals surface area contributed by atoms with Crippen molar-refractivity contribution in [2.24, 2.45) is 5.41 Å². The molecule has 20 heavy (non-hydrogen) atoms. The van der Waals surface area contributed by atoms with Crippen LogP contribution in [0.1, 0.15) is 38.2 Å². The fraction of sp³-hybridized carbons (Fsp3) is 0.533. The SMILES string of the molecule is CCOC(=O)C1(Cc2ccnc(Cl)c2)CCCCC1=O. The van der Waals surface area contributed by atoms with Gasteiger partial charge in [-0.3, -0.25) is 9.59 Å². The molecule has 0 bridgehead atoms. The van der Waals surface area contributed by atoms with Crippen molar-refractivity contribution in [2.75, 3.05) is 6.61 Å². The van der Waals surface area contributed by atoms with Gasteiger partial charge in [-0.05, 0) is 43.9 Å². The number of Topliss-reactive ketones (excluding diaryl/α,β-unsaturated/α-hetero) is 1. The second-order valence-electron chi connectivity index (χ2n) is 5.10. The maximum atomic E-state index is 12.4. The highest BCUT2D eigenvalue weighted by atomic mass is 35.5. The normalized spacial score (nSPS) is 22.6. The predicted molar refractivity (Wildman–Crippen MR) is 75.5 cm³/mol. The van der Waals surface area contributed by atoms with E-state index in [0.29, 0.717) is 24.4 Å². The molecule has 5 heteroatoms. The maximum absolute atomic E-state index is 12.4. The highest BCUT2D eigenvalue weighted by Crippen LogP contribution is 2.38. The van der Waals surface area contributed by atoms with Crippen molar-refractivity contribution in [1.82, 2.24) is 4.98 Å². The summed E-state index contributed by atoms with van der Waals surface area (Å²) in [4.78, 5) is 28.6. The zero-order chi connectivity index (χ0) is 14.6. The number of esters is 1. The fourth-order valence-electron chi connectivity index (χ4n) is 2.74. The van der Waals surface area contributed by atoms with Crippen molar-refractivity contribution in [2.45, 2.75) is 39.0 Å². The molecular formula is C15H18ClNO3. The third kappa shape index (κ3) is 3.01. The molecule has 2 rings (SSSR count). The van der Waals surface area contributed by atoms with E-state index in [1.54, 1.807) is 25.3 Å². The number of hydrogen-bond acceptors (Lipinski definition) is 4. The molecule has 0 N–H and O–H groups in total. The van der Waals surface area contributed by atoms with E-state index in [1.807, 2.05) is 0 Å². The molecule has 0 aromatic carbocycles. The van der Waals surface area contributed by atoms with Gasteiger partial charge in [0.15, 0.2) is 5.78 Å². The first-order valence-electron chi connectivity index (χ1n) is 6.89.